The monoisotopic (exact) mass is 836 g/mol. The van der Waals surface area contributed by atoms with Gasteiger partial charge in [0.15, 0.2) is 12.6 Å². The first-order chi connectivity index (χ1) is 28.1. The second-order valence-corrected chi connectivity index (χ2v) is 18.0. The predicted molar refractivity (Wildman–Crippen MR) is 213 cm³/mol. The molecule has 3 atom stereocenters. The van der Waals surface area contributed by atoms with Crippen LogP contribution in [0.25, 0.3) is 32.9 Å². The van der Waals surface area contributed by atoms with E-state index >= 15 is 8.78 Å². The van der Waals surface area contributed by atoms with Crippen molar-refractivity contribution in [1.82, 2.24) is 24.8 Å². The van der Waals surface area contributed by atoms with E-state index in [0.29, 0.717) is 29.9 Å². The van der Waals surface area contributed by atoms with Gasteiger partial charge in [-0.25, -0.2) is 18.6 Å². The van der Waals surface area contributed by atoms with Crippen LogP contribution in [0.2, 0.25) is 0 Å². The molecule has 4 aliphatic rings. The Bertz CT molecular complexity index is 2480. The average Bonchev–Trinajstić information content (AvgIpc) is 3.71. The second-order valence-electron chi connectivity index (χ2n) is 16.4. The maximum atomic E-state index is 17.5. The Morgan fingerprint density at radius 2 is 1.90 bits per heavy atom. The number of carbonyl (C=O) groups excluding carboxylic acids is 1. The van der Waals surface area contributed by atoms with Gasteiger partial charge in [-0.2, -0.15) is 18.4 Å². The summed E-state index contributed by atoms with van der Waals surface area (Å²) in [6, 6.07) is 5.25. The van der Waals surface area contributed by atoms with Crippen molar-refractivity contribution in [2.45, 2.75) is 69.7 Å². The van der Waals surface area contributed by atoms with Crippen LogP contribution in [-0.2, 0) is 23.8 Å². The minimum Gasteiger partial charge on any atom is -0.475 e. The molecule has 0 aliphatic carbocycles. The van der Waals surface area contributed by atoms with Crippen molar-refractivity contribution in [2.75, 3.05) is 71.1 Å². The number of fused-ring (bicyclic) bond motifs is 4. The van der Waals surface area contributed by atoms with Gasteiger partial charge in [0.25, 0.3) is 10.1 Å². The molecule has 1 amide bonds. The van der Waals surface area contributed by atoms with Crippen molar-refractivity contribution < 1.29 is 49.9 Å². The third-order valence-electron chi connectivity index (χ3n) is 11.3. The number of hydrogen-bond acceptors (Lipinski definition) is 14. The smallest absolute Gasteiger partial charge is 0.410 e. The summed E-state index contributed by atoms with van der Waals surface area (Å²) in [4.78, 5) is 33.3. The fourth-order valence-electron chi connectivity index (χ4n) is 8.74. The van der Waals surface area contributed by atoms with Crippen LogP contribution in [0.4, 0.5) is 19.4 Å². The summed E-state index contributed by atoms with van der Waals surface area (Å²) in [5.74, 6) is 1.52. The highest BCUT2D eigenvalue weighted by Crippen LogP contribution is 2.46. The molecule has 6 heterocycles. The number of hydrogen-bond donors (Lipinski definition) is 0. The highest BCUT2D eigenvalue weighted by Gasteiger charge is 2.50. The number of methoxy groups -OCH3 is 1. The molecule has 4 aliphatic heterocycles. The summed E-state index contributed by atoms with van der Waals surface area (Å²) in [7, 11) is -2.17. The number of ether oxygens (including phenoxy) is 5. The Hall–Kier alpha value is -5.09. The molecule has 2 aromatic heterocycles. The van der Waals surface area contributed by atoms with Crippen molar-refractivity contribution in [2.24, 2.45) is 0 Å². The zero-order valence-corrected chi connectivity index (χ0v) is 34.4. The van der Waals surface area contributed by atoms with Gasteiger partial charge in [0, 0.05) is 43.7 Å². The first-order valence-corrected chi connectivity index (χ1v) is 21.3. The lowest BCUT2D eigenvalue weighted by Gasteiger charge is -2.41. The van der Waals surface area contributed by atoms with Crippen LogP contribution in [-0.4, -0.2) is 129 Å². The zero-order chi connectivity index (χ0) is 41.9. The Morgan fingerprint density at radius 1 is 1.08 bits per heavy atom. The largest absolute Gasteiger partial charge is 0.475 e. The normalized spacial score (nSPS) is 21.8. The lowest BCUT2D eigenvalue weighted by atomic mass is 9.95. The van der Waals surface area contributed by atoms with Gasteiger partial charge in [-0.3, -0.25) is 9.08 Å². The van der Waals surface area contributed by atoms with E-state index in [9.17, 15) is 13.2 Å². The Kier molecular flexibility index (Phi) is 10.7. The number of rotatable bonds is 10. The van der Waals surface area contributed by atoms with Crippen LogP contribution in [0.1, 0.15) is 52.0 Å². The van der Waals surface area contributed by atoms with Crippen LogP contribution >= 0.6 is 0 Å². The summed E-state index contributed by atoms with van der Waals surface area (Å²) in [5, 5.41) is 0.904. The molecule has 314 valence electrons. The number of piperazine rings is 1. The highest BCUT2D eigenvalue weighted by molar-refractivity contribution is 7.85. The molecular weight excluding hydrogens is 791 g/mol. The molecule has 0 saturated carbocycles. The Balaban J connectivity index is 1.24. The highest BCUT2D eigenvalue weighted by atomic mass is 32.2. The van der Waals surface area contributed by atoms with Crippen LogP contribution < -0.4 is 19.1 Å². The van der Waals surface area contributed by atoms with Gasteiger partial charge in [-0.05, 0) is 76.6 Å². The number of amides is 1. The number of benzene rings is 2. The lowest BCUT2D eigenvalue weighted by molar-refractivity contribution is 0.0201. The Labute approximate surface area is 341 Å². The number of halogens is 2. The fourth-order valence-corrected chi connectivity index (χ4v) is 9.15. The molecule has 59 heavy (non-hydrogen) atoms. The number of carbonyl (C=O) groups is 1. The van der Waals surface area contributed by atoms with E-state index in [4.69, 9.17) is 44.3 Å². The topological polar surface area (TPSA) is 155 Å². The molecule has 0 unspecified atom stereocenters. The molecule has 2 aromatic carbocycles. The second kappa shape index (κ2) is 15.5. The van der Waals surface area contributed by atoms with Crippen molar-refractivity contribution >= 4 is 43.7 Å². The summed E-state index contributed by atoms with van der Waals surface area (Å²) in [5.41, 5.74) is -1.48. The molecular formula is C41H46F2N6O9S. The van der Waals surface area contributed by atoms with Crippen LogP contribution in [0, 0.1) is 24.0 Å². The minimum atomic E-state index is -3.63. The van der Waals surface area contributed by atoms with E-state index in [-0.39, 0.29) is 90.7 Å². The van der Waals surface area contributed by atoms with Gasteiger partial charge in [0.2, 0.25) is 5.88 Å². The standard InChI is InChI=1S/C41H46F2N6O9S/c1-7-28-30(42)10-9-24-17-27(56-23-53-5)18-29(31(24)28)34-33(43)35-32-36(48-16-15-47(39(50)58-40(2,3)4)19-26(48)20-54-37(32)44-34)46-38(45-35)55-22-41-12-8-14-49(41)25(11-13-41)21-57-59(6,51)52/h1,9-10,17-18,25-26H,8,11-16,19-23H2,2-6H3/t25-,26-,41-/m0/s1. The van der Waals surface area contributed by atoms with E-state index in [1.54, 1.807) is 31.7 Å². The fraction of sp³-hybridized carbons (Fsp3) is 0.512. The van der Waals surface area contributed by atoms with Crippen LogP contribution in [0.15, 0.2) is 24.3 Å². The molecule has 0 radical (unpaired) electrons. The predicted octanol–water partition coefficient (Wildman–Crippen LogP) is 5.26. The molecule has 15 nitrogen and oxygen atoms in total. The van der Waals surface area contributed by atoms with Gasteiger partial charge >= 0.3 is 12.1 Å². The first-order valence-electron chi connectivity index (χ1n) is 19.5. The van der Waals surface area contributed by atoms with Crippen molar-refractivity contribution in [3.63, 3.8) is 0 Å². The van der Waals surface area contributed by atoms with Crippen molar-refractivity contribution in [1.29, 1.82) is 0 Å². The van der Waals surface area contributed by atoms with Gasteiger partial charge in [0.1, 0.15) is 52.8 Å². The van der Waals surface area contributed by atoms with Crippen LogP contribution in [0.3, 0.4) is 0 Å². The summed E-state index contributed by atoms with van der Waals surface area (Å²) in [6.07, 6.45) is 9.50. The maximum Gasteiger partial charge on any atom is 0.410 e. The third kappa shape index (κ3) is 7.88. The van der Waals surface area contributed by atoms with Crippen LogP contribution in [0.5, 0.6) is 17.6 Å². The lowest BCUT2D eigenvalue weighted by Crippen LogP contribution is -2.57. The van der Waals surface area contributed by atoms with E-state index in [1.807, 2.05) is 4.90 Å². The van der Waals surface area contributed by atoms with Gasteiger partial charge < -0.3 is 33.5 Å². The molecule has 0 N–H and O–H groups in total. The molecule has 8 rings (SSSR count). The van der Waals surface area contributed by atoms with E-state index in [1.165, 1.54) is 25.3 Å². The first kappa shape index (κ1) is 40.7. The molecule has 0 bridgehead atoms. The number of pyridine rings is 1. The van der Waals surface area contributed by atoms with E-state index < -0.39 is 45.0 Å². The summed E-state index contributed by atoms with van der Waals surface area (Å²) >= 11 is 0. The molecule has 0 spiro atoms. The molecule has 18 heteroatoms. The molecule has 3 fully saturated rings. The molecule has 4 aromatic rings. The quantitative estimate of drug-likeness (QED) is 0.116. The third-order valence-corrected chi connectivity index (χ3v) is 11.9. The van der Waals surface area contributed by atoms with Gasteiger partial charge in [-0.15, -0.1) is 6.42 Å². The zero-order valence-electron chi connectivity index (χ0n) is 33.5. The van der Waals surface area contributed by atoms with E-state index in [0.717, 1.165) is 32.1 Å². The SMILES string of the molecule is C#Cc1c(F)ccc2cc(OCOC)cc(-c3nc4c5c(nc(OC[C@@]67CCCN6[C@H](COS(C)(=O)=O)CC7)nc5c3F)N3CCN(C(=O)OC(C)(C)C)C[C@H]3CO4)c12. The van der Waals surface area contributed by atoms with Gasteiger partial charge in [-0.1, -0.05) is 12.0 Å². The number of anilines is 1. The average molecular weight is 837 g/mol. The molecule has 3 saturated heterocycles. The number of nitrogens with zero attached hydrogens (tertiary/aromatic N) is 6. The van der Waals surface area contributed by atoms with E-state index in [2.05, 4.69) is 15.8 Å². The number of aromatic nitrogens is 3. The van der Waals surface area contributed by atoms with Gasteiger partial charge in [0.05, 0.1) is 30.0 Å². The summed E-state index contributed by atoms with van der Waals surface area (Å²) in [6.45, 7) is 7.04. The number of terminal acetylenes is 1. The van der Waals surface area contributed by atoms with Crippen molar-refractivity contribution in [3.05, 3.63) is 41.5 Å². The Morgan fingerprint density at radius 3 is 2.64 bits per heavy atom. The maximum absolute atomic E-state index is 17.5. The van der Waals surface area contributed by atoms with Crippen molar-refractivity contribution in [3.8, 4) is 41.2 Å². The minimum absolute atomic E-state index is 0.0243. The summed E-state index contributed by atoms with van der Waals surface area (Å²) < 4.78 is 91.1.